The van der Waals surface area contributed by atoms with Gasteiger partial charge in [0.05, 0.1) is 19.0 Å². The lowest BCUT2D eigenvalue weighted by Crippen LogP contribution is -2.51. The van der Waals surface area contributed by atoms with Crippen LogP contribution < -0.4 is 15.9 Å². The fraction of sp³-hybridized carbons (Fsp3) is 0.741. The predicted octanol–water partition coefficient (Wildman–Crippen LogP) is 3.67. The molecule has 228 valence electrons. The predicted molar refractivity (Wildman–Crippen MR) is 154 cm³/mol. The summed E-state index contributed by atoms with van der Waals surface area (Å²) in [4.78, 5) is 38.5. The Morgan fingerprint density at radius 1 is 1.05 bits per heavy atom. The van der Waals surface area contributed by atoms with Crippen LogP contribution in [0.2, 0.25) is 0 Å². The molecular formula is C27H44N7O6P. The summed E-state index contributed by atoms with van der Waals surface area (Å²) in [7, 11) is -3.70. The first kappa shape index (κ1) is 31.3. The van der Waals surface area contributed by atoms with Gasteiger partial charge in [-0.3, -0.25) is 14.2 Å². The molecule has 13 nitrogen and oxygen atoms in total. The van der Waals surface area contributed by atoms with Crippen molar-refractivity contribution in [1.29, 1.82) is 0 Å². The molecule has 14 heteroatoms. The number of nitrogen functional groups attached to an aromatic ring is 1. The van der Waals surface area contributed by atoms with Gasteiger partial charge in [0.1, 0.15) is 42.0 Å². The van der Waals surface area contributed by atoms with Crippen molar-refractivity contribution in [2.24, 2.45) is 0 Å². The number of hydrogen-bond donors (Lipinski definition) is 3. The Balaban J connectivity index is 1.44. The molecule has 4 rings (SSSR count). The number of aromatic nitrogens is 4. The highest BCUT2D eigenvalue weighted by Crippen LogP contribution is 2.41. The monoisotopic (exact) mass is 593 g/mol. The summed E-state index contributed by atoms with van der Waals surface area (Å²) in [5.74, 6) is -0.708. The van der Waals surface area contributed by atoms with Gasteiger partial charge in [-0.1, -0.05) is 6.42 Å². The van der Waals surface area contributed by atoms with Crippen molar-refractivity contribution >= 4 is 36.4 Å². The second-order valence-corrected chi connectivity index (χ2v) is 14.0. The van der Waals surface area contributed by atoms with E-state index in [2.05, 4.69) is 25.1 Å². The van der Waals surface area contributed by atoms with Gasteiger partial charge >= 0.3 is 11.9 Å². The third kappa shape index (κ3) is 8.47. The molecular weight excluding hydrogens is 549 g/mol. The first-order valence-electron chi connectivity index (χ1n) is 14.6. The second kappa shape index (κ2) is 13.6. The van der Waals surface area contributed by atoms with Crippen molar-refractivity contribution < 1.29 is 28.4 Å². The van der Waals surface area contributed by atoms with E-state index in [0.29, 0.717) is 17.7 Å². The van der Waals surface area contributed by atoms with Crippen LogP contribution in [0.3, 0.4) is 0 Å². The van der Waals surface area contributed by atoms with Crippen LogP contribution in [0.5, 0.6) is 0 Å². The largest absolute Gasteiger partial charge is 0.461 e. The topological polar surface area (TPSA) is 173 Å². The van der Waals surface area contributed by atoms with E-state index in [1.807, 2.05) is 6.92 Å². The fourth-order valence-electron chi connectivity index (χ4n) is 5.31. The minimum atomic E-state index is -3.70. The van der Waals surface area contributed by atoms with E-state index in [1.165, 1.54) is 6.33 Å². The number of carbonyl (C=O) groups is 2. The van der Waals surface area contributed by atoms with E-state index >= 15 is 0 Å². The van der Waals surface area contributed by atoms with E-state index in [1.54, 1.807) is 31.7 Å². The Kier molecular flexibility index (Phi) is 10.4. The lowest BCUT2D eigenvalue weighted by molar-refractivity contribution is -0.156. The second-order valence-electron chi connectivity index (χ2n) is 11.8. The lowest BCUT2D eigenvalue weighted by atomic mass is 9.97. The van der Waals surface area contributed by atoms with Crippen LogP contribution in [0.15, 0.2) is 12.7 Å². The Hall–Kier alpha value is -2.60. The normalized spacial score (nSPS) is 20.0. The van der Waals surface area contributed by atoms with Crippen LogP contribution in [-0.4, -0.2) is 67.7 Å². The summed E-state index contributed by atoms with van der Waals surface area (Å²) in [5, 5.41) is 5.88. The van der Waals surface area contributed by atoms with Gasteiger partial charge in [0.2, 0.25) is 7.44 Å². The molecule has 0 aliphatic heterocycles. The first-order valence-corrected chi connectivity index (χ1v) is 16.5. The number of anilines is 1. The van der Waals surface area contributed by atoms with Crippen molar-refractivity contribution in [1.82, 2.24) is 29.7 Å². The zero-order valence-electron chi connectivity index (χ0n) is 24.5. The lowest BCUT2D eigenvalue weighted by Gasteiger charge is -2.34. The standard InChI is InChI=1S/C27H44N7O6P/c1-18(14-34-16-31-22-23(28)29-15-30-24(22)34)38-17-41(37,32-19(2)25(35)39-20-12-8-9-13-20)33-27(3,4)26(36)40-21-10-6-5-7-11-21/h15-16,18-21H,5-14,17H2,1-4H3,(H2,28,29,30)(H2,32,33,37)/t18-,19-,41?/m1/s1. The van der Waals surface area contributed by atoms with E-state index in [9.17, 15) is 14.2 Å². The molecule has 2 aliphatic carbocycles. The Morgan fingerprint density at radius 2 is 1.68 bits per heavy atom. The summed E-state index contributed by atoms with van der Waals surface area (Å²) in [6, 6.07) is -0.893. The summed E-state index contributed by atoms with van der Waals surface area (Å²) in [6.45, 7) is 7.02. The van der Waals surface area contributed by atoms with Gasteiger partial charge in [-0.25, -0.2) is 25.1 Å². The molecule has 2 heterocycles. The average Bonchev–Trinajstić information content (AvgIpc) is 3.58. The maximum atomic E-state index is 14.3. The molecule has 0 spiro atoms. The fourth-order valence-corrected chi connectivity index (χ4v) is 7.71. The van der Waals surface area contributed by atoms with Gasteiger partial charge in [0, 0.05) is 0 Å². The number of nitrogens with zero attached hydrogens (tertiary/aromatic N) is 4. The molecule has 2 aromatic rings. The maximum Gasteiger partial charge on any atom is 0.326 e. The van der Waals surface area contributed by atoms with Gasteiger partial charge in [-0.05, 0) is 79.1 Å². The highest BCUT2D eigenvalue weighted by atomic mass is 31.2. The molecule has 2 fully saturated rings. The molecule has 2 aromatic heterocycles. The summed E-state index contributed by atoms with van der Waals surface area (Å²) >= 11 is 0. The van der Waals surface area contributed by atoms with E-state index in [0.717, 1.165) is 57.8 Å². The average molecular weight is 594 g/mol. The third-order valence-electron chi connectivity index (χ3n) is 7.56. The highest BCUT2D eigenvalue weighted by molar-refractivity contribution is 7.59. The van der Waals surface area contributed by atoms with E-state index in [-0.39, 0.29) is 24.4 Å². The van der Waals surface area contributed by atoms with Crippen LogP contribution in [0.1, 0.15) is 85.5 Å². The summed E-state index contributed by atoms with van der Waals surface area (Å²) in [5.41, 5.74) is 5.63. The number of nitrogens with one attached hydrogen (secondary N) is 2. The quantitative estimate of drug-likeness (QED) is 0.228. The molecule has 0 bridgehead atoms. The van der Waals surface area contributed by atoms with Gasteiger partial charge in [0.25, 0.3) is 0 Å². The zero-order chi connectivity index (χ0) is 29.6. The minimum Gasteiger partial charge on any atom is -0.461 e. The summed E-state index contributed by atoms with van der Waals surface area (Å²) in [6.07, 6.45) is 10.5. The number of ether oxygens (including phenoxy) is 3. The van der Waals surface area contributed by atoms with Crippen molar-refractivity contribution in [3.05, 3.63) is 12.7 Å². The van der Waals surface area contributed by atoms with E-state index < -0.39 is 37.1 Å². The molecule has 41 heavy (non-hydrogen) atoms. The Labute approximate surface area is 241 Å². The van der Waals surface area contributed by atoms with Crippen molar-refractivity contribution in [2.45, 2.75) is 122 Å². The third-order valence-corrected chi connectivity index (χ3v) is 9.80. The zero-order valence-corrected chi connectivity index (χ0v) is 25.4. The number of esters is 2. The maximum absolute atomic E-state index is 14.3. The number of rotatable bonds is 13. The summed E-state index contributed by atoms with van der Waals surface area (Å²) < 4.78 is 33.5. The number of fused-ring (bicyclic) bond motifs is 1. The molecule has 0 amide bonds. The molecule has 0 saturated heterocycles. The van der Waals surface area contributed by atoms with Gasteiger partial charge in [-0.15, -0.1) is 0 Å². The molecule has 4 N–H and O–H groups in total. The van der Waals surface area contributed by atoms with Gasteiger partial charge in [-0.2, -0.15) is 0 Å². The van der Waals surface area contributed by atoms with Crippen molar-refractivity contribution in [2.75, 3.05) is 12.1 Å². The van der Waals surface area contributed by atoms with Gasteiger partial charge < -0.3 is 24.5 Å². The number of nitrogens with two attached hydrogens (primary N) is 1. The van der Waals surface area contributed by atoms with Crippen LogP contribution in [0.25, 0.3) is 11.2 Å². The smallest absolute Gasteiger partial charge is 0.326 e. The number of imidazole rings is 1. The van der Waals surface area contributed by atoms with Gasteiger partial charge in [0.15, 0.2) is 11.5 Å². The van der Waals surface area contributed by atoms with Crippen molar-refractivity contribution in [3.8, 4) is 0 Å². The van der Waals surface area contributed by atoms with Crippen molar-refractivity contribution in [3.63, 3.8) is 0 Å². The Bertz CT molecular complexity index is 1240. The van der Waals surface area contributed by atoms with Crippen LogP contribution >= 0.6 is 7.44 Å². The van der Waals surface area contributed by atoms with E-state index in [4.69, 9.17) is 19.9 Å². The molecule has 2 aliphatic rings. The number of carbonyl (C=O) groups excluding carboxylic acids is 2. The van der Waals surface area contributed by atoms with Crippen LogP contribution in [-0.2, 0) is 34.9 Å². The van der Waals surface area contributed by atoms with Crippen LogP contribution in [0, 0.1) is 0 Å². The molecule has 0 aromatic carbocycles. The first-order chi connectivity index (χ1) is 19.5. The minimum absolute atomic E-state index is 0.125. The molecule has 3 atom stereocenters. The number of hydrogen-bond acceptors (Lipinski definition) is 10. The molecule has 2 saturated carbocycles. The highest BCUT2D eigenvalue weighted by Gasteiger charge is 2.40. The molecule has 0 radical (unpaired) electrons. The van der Waals surface area contributed by atoms with Crippen LogP contribution in [0.4, 0.5) is 5.82 Å². The molecule has 1 unspecified atom stereocenters. The Morgan fingerprint density at radius 3 is 2.37 bits per heavy atom. The SMILES string of the molecule is C[C@H](Cn1cnc2c(N)ncnc21)OCP(=O)(N[C@H](C)C(=O)OC1CCCC1)NC(C)(C)C(=O)OC1CCCCC1.